The van der Waals surface area contributed by atoms with Gasteiger partial charge in [0.15, 0.2) is 0 Å². The molecule has 3 N–H and O–H groups in total. The van der Waals surface area contributed by atoms with Gasteiger partial charge in [0.2, 0.25) is 5.91 Å². The number of nitrogens with one attached hydrogen (secondary N) is 1. The summed E-state index contributed by atoms with van der Waals surface area (Å²) in [6, 6.07) is 8.07. The number of nitrogens with two attached hydrogens (primary N) is 1. The second-order valence-corrected chi connectivity index (χ2v) is 5.67. The van der Waals surface area contributed by atoms with Crippen LogP contribution in [0.3, 0.4) is 0 Å². The van der Waals surface area contributed by atoms with Crippen LogP contribution in [0.25, 0.3) is 0 Å². The van der Waals surface area contributed by atoms with Gasteiger partial charge >= 0.3 is 0 Å². The summed E-state index contributed by atoms with van der Waals surface area (Å²) in [5.41, 5.74) is 8.48. The van der Waals surface area contributed by atoms with Crippen LogP contribution in [-0.2, 0) is 11.2 Å². The standard InChI is InChI=1S/C14H20N2OS/c1-18-9-8-12(15)14(17)16-13-7-6-10-4-2-3-5-11(10)13/h2-5,12-13H,6-9,15H2,1H3,(H,16,17)/t12-,13?/m1/s1. The van der Waals surface area contributed by atoms with Crippen molar-refractivity contribution in [2.24, 2.45) is 5.73 Å². The zero-order valence-electron chi connectivity index (χ0n) is 10.7. The van der Waals surface area contributed by atoms with Gasteiger partial charge in [-0.15, -0.1) is 0 Å². The van der Waals surface area contributed by atoms with Crippen molar-refractivity contribution in [3.8, 4) is 0 Å². The largest absolute Gasteiger partial charge is 0.348 e. The molecule has 1 aliphatic rings. The van der Waals surface area contributed by atoms with E-state index in [9.17, 15) is 4.79 Å². The van der Waals surface area contributed by atoms with Gasteiger partial charge in [-0.25, -0.2) is 0 Å². The van der Waals surface area contributed by atoms with Crippen LogP contribution in [0.4, 0.5) is 0 Å². The molecule has 2 rings (SSSR count). The molecule has 1 aromatic rings. The molecule has 4 heteroatoms. The van der Waals surface area contributed by atoms with Gasteiger partial charge in [-0.05, 0) is 42.4 Å². The average molecular weight is 264 g/mol. The van der Waals surface area contributed by atoms with Crippen LogP contribution >= 0.6 is 11.8 Å². The Kier molecular flexibility index (Phi) is 4.66. The van der Waals surface area contributed by atoms with Crippen molar-refractivity contribution in [2.45, 2.75) is 31.3 Å². The predicted octanol–water partition coefficient (Wildman–Crippen LogP) is 1.87. The molecule has 0 saturated carbocycles. The molecule has 0 saturated heterocycles. The first-order valence-electron chi connectivity index (χ1n) is 6.35. The van der Waals surface area contributed by atoms with Crippen molar-refractivity contribution in [1.29, 1.82) is 0 Å². The van der Waals surface area contributed by atoms with E-state index in [0.717, 1.165) is 25.0 Å². The summed E-state index contributed by atoms with van der Waals surface area (Å²) >= 11 is 1.72. The molecule has 18 heavy (non-hydrogen) atoms. The van der Waals surface area contributed by atoms with Crippen LogP contribution in [0.15, 0.2) is 24.3 Å². The van der Waals surface area contributed by atoms with Gasteiger partial charge in [0.25, 0.3) is 0 Å². The molecule has 0 bridgehead atoms. The highest BCUT2D eigenvalue weighted by Gasteiger charge is 2.25. The molecule has 0 radical (unpaired) electrons. The monoisotopic (exact) mass is 264 g/mol. The summed E-state index contributed by atoms with van der Waals surface area (Å²) in [4.78, 5) is 12.0. The first kappa shape index (κ1) is 13.4. The molecule has 1 amide bonds. The van der Waals surface area contributed by atoms with E-state index in [1.165, 1.54) is 11.1 Å². The van der Waals surface area contributed by atoms with E-state index >= 15 is 0 Å². The van der Waals surface area contributed by atoms with Crippen LogP contribution in [-0.4, -0.2) is 24.0 Å². The van der Waals surface area contributed by atoms with Crippen molar-refractivity contribution in [1.82, 2.24) is 5.32 Å². The lowest BCUT2D eigenvalue weighted by Crippen LogP contribution is -2.42. The minimum atomic E-state index is -0.384. The smallest absolute Gasteiger partial charge is 0.237 e. The third-order valence-corrected chi connectivity index (χ3v) is 4.06. The number of carbonyl (C=O) groups excluding carboxylic acids is 1. The molecule has 1 aliphatic carbocycles. The maximum absolute atomic E-state index is 12.0. The highest BCUT2D eigenvalue weighted by Crippen LogP contribution is 2.30. The number of thioether (sulfide) groups is 1. The summed E-state index contributed by atoms with van der Waals surface area (Å²) in [6.07, 6.45) is 4.79. The second-order valence-electron chi connectivity index (χ2n) is 4.69. The van der Waals surface area contributed by atoms with Crippen LogP contribution in [0, 0.1) is 0 Å². The zero-order valence-corrected chi connectivity index (χ0v) is 11.5. The topological polar surface area (TPSA) is 55.1 Å². The lowest BCUT2D eigenvalue weighted by molar-refractivity contribution is -0.123. The minimum absolute atomic E-state index is 0.0225. The fraction of sp³-hybridized carbons (Fsp3) is 0.500. The molecule has 0 spiro atoms. The minimum Gasteiger partial charge on any atom is -0.348 e. The summed E-state index contributed by atoms with van der Waals surface area (Å²) in [5, 5.41) is 3.07. The van der Waals surface area contributed by atoms with E-state index in [2.05, 4.69) is 17.4 Å². The Morgan fingerprint density at radius 1 is 1.56 bits per heavy atom. The first-order valence-corrected chi connectivity index (χ1v) is 7.74. The average Bonchev–Trinajstić information content (AvgIpc) is 2.79. The Morgan fingerprint density at radius 3 is 3.11 bits per heavy atom. The summed E-state index contributed by atoms with van der Waals surface area (Å²) in [7, 11) is 0. The fourth-order valence-corrected chi connectivity index (χ4v) is 2.85. The van der Waals surface area contributed by atoms with E-state index in [0.29, 0.717) is 0 Å². The molecule has 3 nitrogen and oxygen atoms in total. The number of carbonyl (C=O) groups is 1. The number of rotatable bonds is 5. The van der Waals surface area contributed by atoms with E-state index in [-0.39, 0.29) is 18.0 Å². The molecule has 1 aromatic carbocycles. The third-order valence-electron chi connectivity index (χ3n) is 3.42. The predicted molar refractivity (Wildman–Crippen MR) is 76.6 cm³/mol. The number of amides is 1. The molecule has 98 valence electrons. The first-order chi connectivity index (χ1) is 8.72. The Bertz CT molecular complexity index is 422. The maximum Gasteiger partial charge on any atom is 0.237 e. The molecule has 0 heterocycles. The van der Waals surface area contributed by atoms with Gasteiger partial charge in [0, 0.05) is 0 Å². The van der Waals surface area contributed by atoms with E-state index in [4.69, 9.17) is 5.73 Å². The Labute approximate surface area is 113 Å². The Hall–Kier alpha value is -1.00. The molecular formula is C14H20N2OS. The van der Waals surface area contributed by atoms with Gasteiger partial charge in [0.05, 0.1) is 12.1 Å². The lowest BCUT2D eigenvalue weighted by Gasteiger charge is -2.17. The zero-order chi connectivity index (χ0) is 13.0. The SMILES string of the molecule is CSCC[C@@H](N)C(=O)NC1CCc2ccccc21. The molecule has 0 fully saturated rings. The summed E-state index contributed by atoms with van der Waals surface area (Å²) in [6.45, 7) is 0. The fourth-order valence-electron chi connectivity index (χ4n) is 2.36. The summed E-state index contributed by atoms with van der Waals surface area (Å²) < 4.78 is 0. The number of fused-ring (bicyclic) bond motifs is 1. The molecule has 0 aliphatic heterocycles. The highest BCUT2D eigenvalue weighted by atomic mass is 32.2. The molecule has 1 unspecified atom stereocenters. The van der Waals surface area contributed by atoms with Crippen molar-refractivity contribution in [3.05, 3.63) is 35.4 Å². The Morgan fingerprint density at radius 2 is 2.33 bits per heavy atom. The van der Waals surface area contributed by atoms with Crippen molar-refractivity contribution < 1.29 is 4.79 Å². The second kappa shape index (κ2) is 6.25. The number of benzene rings is 1. The Balaban J connectivity index is 1.93. The number of aryl methyl sites for hydroxylation is 1. The highest BCUT2D eigenvalue weighted by molar-refractivity contribution is 7.98. The van der Waals surface area contributed by atoms with Crippen molar-refractivity contribution >= 4 is 17.7 Å². The molecule has 0 aromatic heterocycles. The van der Waals surface area contributed by atoms with Crippen LogP contribution < -0.4 is 11.1 Å². The van der Waals surface area contributed by atoms with Crippen LogP contribution in [0.1, 0.15) is 30.0 Å². The van der Waals surface area contributed by atoms with Gasteiger partial charge in [-0.2, -0.15) is 11.8 Å². The van der Waals surface area contributed by atoms with Crippen LogP contribution in [0.5, 0.6) is 0 Å². The summed E-state index contributed by atoms with van der Waals surface area (Å²) in [5.74, 6) is 0.904. The van der Waals surface area contributed by atoms with E-state index in [1.54, 1.807) is 11.8 Å². The normalized spacial score (nSPS) is 19.3. The van der Waals surface area contributed by atoms with Crippen molar-refractivity contribution in [2.75, 3.05) is 12.0 Å². The van der Waals surface area contributed by atoms with Crippen molar-refractivity contribution in [3.63, 3.8) is 0 Å². The van der Waals surface area contributed by atoms with Gasteiger partial charge in [-0.1, -0.05) is 24.3 Å². The van der Waals surface area contributed by atoms with E-state index < -0.39 is 0 Å². The van der Waals surface area contributed by atoms with Crippen LogP contribution in [0.2, 0.25) is 0 Å². The van der Waals surface area contributed by atoms with Gasteiger partial charge in [-0.3, -0.25) is 4.79 Å². The molecular weight excluding hydrogens is 244 g/mol. The van der Waals surface area contributed by atoms with Gasteiger partial charge < -0.3 is 11.1 Å². The lowest BCUT2D eigenvalue weighted by atomic mass is 10.1. The maximum atomic E-state index is 12.0. The number of hydrogen-bond donors (Lipinski definition) is 2. The molecule has 2 atom stereocenters. The quantitative estimate of drug-likeness (QED) is 0.853. The van der Waals surface area contributed by atoms with Gasteiger partial charge in [0.1, 0.15) is 0 Å². The van der Waals surface area contributed by atoms with E-state index in [1.807, 2.05) is 18.4 Å². The number of hydrogen-bond acceptors (Lipinski definition) is 3. The third kappa shape index (κ3) is 3.06.